The van der Waals surface area contributed by atoms with Crippen molar-refractivity contribution >= 4 is 32.8 Å². The summed E-state index contributed by atoms with van der Waals surface area (Å²) < 4.78 is 48.6. The van der Waals surface area contributed by atoms with Crippen LogP contribution < -0.4 is 8.92 Å². The molecule has 0 aliphatic rings. The summed E-state index contributed by atoms with van der Waals surface area (Å²) in [6.07, 6.45) is 1.60. The molecule has 0 spiro atoms. The minimum atomic E-state index is -4.19. The van der Waals surface area contributed by atoms with Crippen molar-refractivity contribution in [3.63, 3.8) is 0 Å². The second-order valence-corrected chi connectivity index (χ2v) is 8.72. The number of rotatable bonds is 6. The van der Waals surface area contributed by atoms with Crippen LogP contribution in [0.3, 0.4) is 0 Å². The number of aromatic amines is 1. The molecule has 4 aromatic rings. The molecule has 1 aromatic heterocycles. The van der Waals surface area contributed by atoms with E-state index in [0.717, 1.165) is 40.9 Å². The summed E-state index contributed by atoms with van der Waals surface area (Å²) in [5, 5.41) is 9.66. The lowest BCUT2D eigenvalue weighted by atomic mass is 10.1. The Kier molecular flexibility index (Phi) is 5.85. The fourth-order valence-electron chi connectivity index (χ4n) is 3.18. The van der Waals surface area contributed by atoms with Gasteiger partial charge in [0.15, 0.2) is 11.5 Å². The standard InChI is InChI=1S/C24H18FN3O4S/c1-15-3-9-20-21(11-15)28-24(27-20)17(14-26)12-16-4-10-22(23(13-16)31-2)32-33(29,30)19-7-5-18(25)6-8-19/h3-13H,1-2H3,(H,27,28)/b17-12+. The zero-order valence-corrected chi connectivity index (χ0v) is 18.5. The number of methoxy groups -OCH3 is 1. The van der Waals surface area contributed by atoms with Crippen LogP contribution in [-0.4, -0.2) is 25.5 Å². The fourth-order valence-corrected chi connectivity index (χ4v) is 4.12. The Morgan fingerprint density at radius 3 is 2.55 bits per heavy atom. The topological polar surface area (TPSA) is 105 Å². The Labute approximate surface area is 189 Å². The van der Waals surface area contributed by atoms with Gasteiger partial charge in [-0.3, -0.25) is 0 Å². The normalized spacial score (nSPS) is 11.9. The molecule has 0 amide bonds. The number of nitriles is 1. The van der Waals surface area contributed by atoms with Crippen LogP contribution in [0.4, 0.5) is 4.39 Å². The lowest BCUT2D eigenvalue weighted by Gasteiger charge is -2.11. The summed E-state index contributed by atoms with van der Waals surface area (Å²) in [6, 6.07) is 16.7. The van der Waals surface area contributed by atoms with Crippen molar-refractivity contribution in [2.45, 2.75) is 11.8 Å². The summed E-state index contributed by atoms with van der Waals surface area (Å²) in [7, 11) is -2.83. The maximum Gasteiger partial charge on any atom is 0.339 e. The van der Waals surface area contributed by atoms with E-state index in [9.17, 15) is 18.1 Å². The van der Waals surface area contributed by atoms with Crippen molar-refractivity contribution < 1.29 is 21.7 Å². The lowest BCUT2D eigenvalue weighted by molar-refractivity contribution is 0.390. The number of hydrogen-bond donors (Lipinski definition) is 1. The van der Waals surface area contributed by atoms with Crippen LogP contribution in [-0.2, 0) is 10.1 Å². The predicted octanol–water partition coefficient (Wildman–Crippen LogP) is 4.85. The van der Waals surface area contributed by atoms with Gasteiger partial charge in [-0.15, -0.1) is 0 Å². The highest BCUT2D eigenvalue weighted by atomic mass is 32.2. The van der Waals surface area contributed by atoms with E-state index in [-0.39, 0.29) is 16.4 Å². The first kappa shape index (κ1) is 22.0. The molecule has 0 saturated heterocycles. The smallest absolute Gasteiger partial charge is 0.339 e. The van der Waals surface area contributed by atoms with Gasteiger partial charge in [-0.05, 0) is 72.7 Å². The van der Waals surface area contributed by atoms with E-state index >= 15 is 0 Å². The van der Waals surface area contributed by atoms with Gasteiger partial charge in [0, 0.05) is 0 Å². The van der Waals surface area contributed by atoms with Gasteiger partial charge in [-0.25, -0.2) is 9.37 Å². The van der Waals surface area contributed by atoms with E-state index in [1.807, 2.05) is 25.1 Å². The molecule has 0 unspecified atom stereocenters. The molecule has 1 N–H and O–H groups in total. The van der Waals surface area contributed by atoms with Gasteiger partial charge in [0.2, 0.25) is 0 Å². The molecule has 4 rings (SSSR count). The van der Waals surface area contributed by atoms with Crippen LogP contribution in [0.2, 0.25) is 0 Å². The molecule has 0 aliphatic carbocycles. The van der Waals surface area contributed by atoms with E-state index in [0.29, 0.717) is 17.0 Å². The molecule has 7 nitrogen and oxygen atoms in total. The third-order valence-electron chi connectivity index (χ3n) is 4.81. The van der Waals surface area contributed by atoms with Crippen molar-refractivity contribution in [3.05, 3.63) is 83.4 Å². The van der Waals surface area contributed by atoms with Crippen molar-refractivity contribution in [1.29, 1.82) is 5.26 Å². The summed E-state index contributed by atoms with van der Waals surface area (Å²) in [4.78, 5) is 7.41. The molecule has 0 atom stereocenters. The van der Waals surface area contributed by atoms with Crippen LogP contribution in [0.1, 0.15) is 17.0 Å². The molecule has 0 bridgehead atoms. The number of benzene rings is 3. The van der Waals surface area contributed by atoms with Gasteiger partial charge in [0.05, 0.1) is 23.7 Å². The highest BCUT2D eigenvalue weighted by Crippen LogP contribution is 2.32. The summed E-state index contributed by atoms with van der Waals surface area (Å²) in [6.45, 7) is 1.97. The van der Waals surface area contributed by atoms with Gasteiger partial charge in [0.1, 0.15) is 22.6 Å². The minimum absolute atomic E-state index is 0.0447. The van der Waals surface area contributed by atoms with Crippen LogP contribution in [0.5, 0.6) is 11.5 Å². The SMILES string of the molecule is COc1cc(/C=C(\C#N)c2nc3ccc(C)cc3[nH]2)ccc1OS(=O)(=O)c1ccc(F)cc1. The summed E-state index contributed by atoms with van der Waals surface area (Å²) >= 11 is 0. The molecule has 166 valence electrons. The second-order valence-electron chi connectivity index (χ2n) is 7.18. The van der Waals surface area contributed by atoms with E-state index < -0.39 is 15.9 Å². The second kappa shape index (κ2) is 8.76. The summed E-state index contributed by atoms with van der Waals surface area (Å²) in [5.41, 5.74) is 3.49. The Bertz CT molecular complexity index is 1520. The third kappa shape index (κ3) is 4.71. The number of ether oxygens (including phenoxy) is 1. The quantitative estimate of drug-likeness (QED) is 0.324. The summed E-state index contributed by atoms with van der Waals surface area (Å²) in [5.74, 6) is -0.0458. The molecule has 0 radical (unpaired) electrons. The molecule has 0 fully saturated rings. The largest absolute Gasteiger partial charge is 0.493 e. The first-order valence-electron chi connectivity index (χ1n) is 9.76. The van der Waals surface area contributed by atoms with Crippen LogP contribution >= 0.6 is 0 Å². The molecule has 3 aromatic carbocycles. The highest BCUT2D eigenvalue weighted by Gasteiger charge is 2.19. The van der Waals surface area contributed by atoms with E-state index in [2.05, 4.69) is 16.0 Å². The van der Waals surface area contributed by atoms with E-state index in [1.165, 1.54) is 13.2 Å². The van der Waals surface area contributed by atoms with Crippen molar-refractivity contribution in [1.82, 2.24) is 9.97 Å². The zero-order chi connectivity index (χ0) is 23.6. The van der Waals surface area contributed by atoms with Crippen molar-refractivity contribution in [2.75, 3.05) is 7.11 Å². The van der Waals surface area contributed by atoms with Gasteiger partial charge in [-0.2, -0.15) is 13.7 Å². The number of aryl methyl sites for hydroxylation is 1. The van der Waals surface area contributed by atoms with Gasteiger partial charge < -0.3 is 13.9 Å². The number of halogens is 1. The number of imidazole rings is 1. The number of hydrogen-bond acceptors (Lipinski definition) is 6. The average Bonchev–Trinajstić information content (AvgIpc) is 3.21. The number of fused-ring (bicyclic) bond motifs is 1. The number of H-pyrrole nitrogens is 1. The van der Waals surface area contributed by atoms with E-state index in [4.69, 9.17) is 8.92 Å². The Morgan fingerprint density at radius 1 is 1.09 bits per heavy atom. The number of aromatic nitrogens is 2. The third-order valence-corrected chi connectivity index (χ3v) is 6.06. The van der Waals surface area contributed by atoms with Crippen molar-refractivity contribution in [3.8, 4) is 17.6 Å². The number of nitrogens with one attached hydrogen (secondary N) is 1. The minimum Gasteiger partial charge on any atom is -0.493 e. The van der Waals surface area contributed by atoms with Crippen LogP contribution in [0.15, 0.2) is 65.6 Å². The average molecular weight is 463 g/mol. The van der Waals surface area contributed by atoms with E-state index in [1.54, 1.807) is 18.2 Å². The zero-order valence-electron chi connectivity index (χ0n) is 17.7. The molecule has 0 aliphatic heterocycles. The number of allylic oxidation sites excluding steroid dienone is 1. The van der Waals surface area contributed by atoms with Crippen LogP contribution in [0, 0.1) is 24.1 Å². The molecule has 33 heavy (non-hydrogen) atoms. The monoisotopic (exact) mass is 463 g/mol. The Balaban J connectivity index is 1.65. The van der Waals surface area contributed by atoms with Crippen molar-refractivity contribution in [2.24, 2.45) is 0 Å². The first-order valence-corrected chi connectivity index (χ1v) is 11.2. The molecular formula is C24H18FN3O4S. The molecule has 1 heterocycles. The highest BCUT2D eigenvalue weighted by molar-refractivity contribution is 7.87. The van der Waals surface area contributed by atoms with Crippen LogP contribution in [0.25, 0.3) is 22.7 Å². The molecule has 0 saturated carbocycles. The lowest BCUT2D eigenvalue weighted by Crippen LogP contribution is -2.10. The van der Waals surface area contributed by atoms with Gasteiger partial charge in [-0.1, -0.05) is 12.1 Å². The van der Waals surface area contributed by atoms with Gasteiger partial charge >= 0.3 is 10.1 Å². The maximum absolute atomic E-state index is 13.1. The predicted molar refractivity (Wildman–Crippen MR) is 122 cm³/mol. The molecular weight excluding hydrogens is 445 g/mol. The van der Waals surface area contributed by atoms with Gasteiger partial charge in [0.25, 0.3) is 0 Å². The Morgan fingerprint density at radius 2 is 1.85 bits per heavy atom. The number of nitrogens with zero attached hydrogens (tertiary/aromatic N) is 2. The first-order chi connectivity index (χ1) is 15.8. The maximum atomic E-state index is 13.1. The Hall–Kier alpha value is -4.16. The fraction of sp³-hybridized carbons (Fsp3) is 0.0833. The molecule has 9 heteroatoms.